The summed E-state index contributed by atoms with van der Waals surface area (Å²) in [6, 6.07) is -2.28. The Balaban J connectivity index is 2.54. The molecule has 0 saturated heterocycles. The Kier molecular flexibility index (Phi) is 5.71. The molecule has 2 unspecified atom stereocenters. The maximum absolute atomic E-state index is 11.6. The van der Waals surface area contributed by atoms with Crippen LogP contribution in [0.5, 0.6) is 0 Å². The highest BCUT2D eigenvalue weighted by Gasteiger charge is 2.20. The first-order chi connectivity index (χ1) is 8.97. The molecule has 0 radical (unpaired) electrons. The van der Waals surface area contributed by atoms with Crippen molar-refractivity contribution >= 4 is 23.3 Å². The van der Waals surface area contributed by atoms with Crippen molar-refractivity contribution in [1.29, 1.82) is 0 Å². The molecular weight excluding hydrogens is 270 g/mol. The van der Waals surface area contributed by atoms with Gasteiger partial charge in [0.05, 0.1) is 12.6 Å². The molecule has 0 aliphatic carbocycles. The van der Waals surface area contributed by atoms with E-state index in [0.29, 0.717) is 0 Å². The predicted octanol–water partition coefficient (Wildman–Crippen LogP) is 0.511. The molecule has 7 nitrogen and oxygen atoms in total. The number of carbonyl (C=O) groups excluding carboxylic acids is 1. The van der Waals surface area contributed by atoms with Crippen LogP contribution in [0.4, 0.5) is 4.79 Å². The van der Waals surface area contributed by atoms with Gasteiger partial charge in [0.15, 0.2) is 6.04 Å². The third-order valence-electron chi connectivity index (χ3n) is 2.42. The van der Waals surface area contributed by atoms with Crippen LogP contribution in [0.25, 0.3) is 0 Å². The molecule has 1 heterocycles. The summed E-state index contributed by atoms with van der Waals surface area (Å²) in [5, 5.41) is 23.0. The molecule has 0 spiro atoms. The molecule has 0 saturated carbocycles. The van der Waals surface area contributed by atoms with Gasteiger partial charge in [-0.15, -0.1) is 11.3 Å². The van der Waals surface area contributed by atoms with Gasteiger partial charge in [0.2, 0.25) is 0 Å². The van der Waals surface area contributed by atoms with E-state index in [1.165, 1.54) is 11.3 Å². The lowest BCUT2D eigenvalue weighted by Gasteiger charge is -2.15. The maximum Gasteiger partial charge on any atom is 0.328 e. The van der Waals surface area contributed by atoms with Crippen molar-refractivity contribution in [1.82, 2.24) is 15.6 Å². The monoisotopic (exact) mass is 287 g/mol. The number of carboxylic acids is 1. The minimum absolute atomic E-state index is 0.321. The highest BCUT2D eigenvalue weighted by atomic mass is 32.1. The zero-order valence-electron chi connectivity index (χ0n) is 10.7. The molecular formula is C11H17N3O4S. The first-order valence-electron chi connectivity index (χ1n) is 5.83. The zero-order valence-corrected chi connectivity index (χ0v) is 11.5. The number of urea groups is 1. The van der Waals surface area contributed by atoms with Crippen LogP contribution in [0.3, 0.4) is 0 Å². The van der Waals surface area contributed by atoms with Crippen molar-refractivity contribution in [3.05, 3.63) is 16.1 Å². The van der Waals surface area contributed by atoms with Gasteiger partial charge in [-0.25, -0.2) is 14.6 Å². The highest BCUT2D eigenvalue weighted by molar-refractivity contribution is 7.11. The van der Waals surface area contributed by atoms with Crippen molar-refractivity contribution in [2.75, 3.05) is 6.61 Å². The van der Waals surface area contributed by atoms with Crippen LogP contribution in [0, 0.1) is 0 Å². The van der Waals surface area contributed by atoms with Gasteiger partial charge in [0.25, 0.3) is 0 Å². The van der Waals surface area contributed by atoms with E-state index < -0.39 is 24.6 Å². The first kappa shape index (κ1) is 15.4. The van der Waals surface area contributed by atoms with Crippen molar-refractivity contribution in [3.63, 3.8) is 0 Å². The van der Waals surface area contributed by atoms with Gasteiger partial charge < -0.3 is 20.8 Å². The lowest BCUT2D eigenvalue weighted by Crippen LogP contribution is -2.48. The second kappa shape index (κ2) is 7.05. The molecule has 0 bridgehead atoms. The number of thiazole rings is 1. The SMILES string of the molecule is CCc1cnc(C(C)NC(=O)NC(CO)C(=O)O)s1. The van der Waals surface area contributed by atoms with E-state index in [2.05, 4.69) is 15.6 Å². The van der Waals surface area contributed by atoms with E-state index in [-0.39, 0.29) is 6.04 Å². The minimum atomic E-state index is -1.31. The Morgan fingerprint density at radius 1 is 1.47 bits per heavy atom. The first-order valence-corrected chi connectivity index (χ1v) is 6.64. The number of aliphatic hydroxyl groups excluding tert-OH is 1. The smallest absolute Gasteiger partial charge is 0.328 e. The summed E-state index contributed by atoms with van der Waals surface area (Å²) < 4.78 is 0. The molecule has 0 fully saturated rings. The second-order valence-corrected chi connectivity index (χ2v) is 5.08. The number of aliphatic hydroxyl groups is 1. The number of hydrogen-bond acceptors (Lipinski definition) is 5. The van der Waals surface area contributed by atoms with Gasteiger partial charge in [-0.2, -0.15) is 0 Å². The molecule has 1 rings (SSSR count). The molecule has 2 atom stereocenters. The van der Waals surface area contributed by atoms with Crippen LogP contribution in [0.2, 0.25) is 0 Å². The number of carboxylic acid groups (broad SMARTS) is 1. The number of aliphatic carboxylic acids is 1. The van der Waals surface area contributed by atoms with Crippen LogP contribution >= 0.6 is 11.3 Å². The Hall–Kier alpha value is -1.67. The molecule has 4 N–H and O–H groups in total. The molecule has 8 heteroatoms. The summed E-state index contributed by atoms with van der Waals surface area (Å²) in [6.45, 7) is 3.11. The van der Waals surface area contributed by atoms with Gasteiger partial charge >= 0.3 is 12.0 Å². The highest BCUT2D eigenvalue weighted by Crippen LogP contribution is 2.19. The van der Waals surface area contributed by atoms with Crippen LogP contribution in [0.1, 0.15) is 29.8 Å². The number of aromatic nitrogens is 1. The van der Waals surface area contributed by atoms with Gasteiger partial charge in [-0.1, -0.05) is 6.92 Å². The Morgan fingerprint density at radius 2 is 2.16 bits per heavy atom. The second-order valence-electron chi connectivity index (χ2n) is 3.93. The van der Waals surface area contributed by atoms with Crippen LogP contribution in [-0.4, -0.2) is 39.8 Å². The summed E-state index contributed by atoms with van der Waals surface area (Å²) in [7, 11) is 0. The standard InChI is InChI=1S/C11H17N3O4S/c1-3-7-4-12-9(19-7)6(2)13-11(18)14-8(5-15)10(16)17/h4,6,8,15H,3,5H2,1-2H3,(H,16,17)(H2,13,14,18). The fourth-order valence-corrected chi connectivity index (χ4v) is 2.19. The average Bonchev–Trinajstić information content (AvgIpc) is 2.84. The van der Waals surface area contributed by atoms with Crippen molar-refractivity contribution < 1.29 is 19.8 Å². The van der Waals surface area contributed by atoms with Crippen molar-refractivity contribution in [2.24, 2.45) is 0 Å². The largest absolute Gasteiger partial charge is 0.480 e. The third-order valence-corrected chi connectivity index (χ3v) is 3.75. The summed E-state index contributed by atoms with van der Waals surface area (Å²) in [4.78, 5) is 27.5. The summed E-state index contributed by atoms with van der Waals surface area (Å²) >= 11 is 1.49. The number of nitrogens with zero attached hydrogens (tertiary/aromatic N) is 1. The quantitative estimate of drug-likeness (QED) is 0.609. The molecule has 1 aromatic heterocycles. The topological polar surface area (TPSA) is 112 Å². The van der Waals surface area contributed by atoms with Crippen molar-refractivity contribution in [2.45, 2.75) is 32.4 Å². The number of amides is 2. The summed E-state index contributed by atoms with van der Waals surface area (Å²) in [5.41, 5.74) is 0. The van der Waals surface area contributed by atoms with E-state index >= 15 is 0 Å². The van der Waals surface area contributed by atoms with E-state index in [1.54, 1.807) is 13.1 Å². The summed E-state index contributed by atoms with van der Waals surface area (Å²) in [6.07, 6.45) is 2.63. The Labute approximate surface area is 114 Å². The lowest BCUT2D eigenvalue weighted by molar-refractivity contribution is -0.140. The fourth-order valence-electron chi connectivity index (χ4n) is 1.33. The molecule has 0 aliphatic rings. The van der Waals surface area contributed by atoms with Gasteiger partial charge in [0.1, 0.15) is 5.01 Å². The number of carbonyl (C=O) groups is 2. The normalized spacial score (nSPS) is 13.6. The number of aryl methyl sites for hydroxylation is 1. The van der Waals surface area contributed by atoms with Gasteiger partial charge in [-0.3, -0.25) is 0 Å². The van der Waals surface area contributed by atoms with Crippen LogP contribution < -0.4 is 10.6 Å². The minimum Gasteiger partial charge on any atom is -0.480 e. The lowest BCUT2D eigenvalue weighted by atomic mass is 10.3. The number of nitrogens with one attached hydrogen (secondary N) is 2. The maximum atomic E-state index is 11.6. The predicted molar refractivity (Wildman–Crippen MR) is 70.1 cm³/mol. The third kappa shape index (κ3) is 4.49. The van der Waals surface area contributed by atoms with E-state index in [0.717, 1.165) is 16.3 Å². The van der Waals surface area contributed by atoms with E-state index in [4.69, 9.17) is 10.2 Å². The molecule has 0 aromatic carbocycles. The van der Waals surface area contributed by atoms with E-state index in [1.807, 2.05) is 6.92 Å². The zero-order chi connectivity index (χ0) is 14.4. The number of rotatable bonds is 6. The van der Waals surface area contributed by atoms with Crippen molar-refractivity contribution in [3.8, 4) is 0 Å². The Morgan fingerprint density at radius 3 is 2.63 bits per heavy atom. The van der Waals surface area contributed by atoms with Crippen LogP contribution in [-0.2, 0) is 11.2 Å². The van der Waals surface area contributed by atoms with Crippen LogP contribution in [0.15, 0.2) is 6.20 Å². The molecule has 1 aromatic rings. The summed E-state index contributed by atoms with van der Waals surface area (Å²) in [5.74, 6) is -1.28. The van der Waals surface area contributed by atoms with Gasteiger partial charge in [0, 0.05) is 11.1 Å². The molecule has 19 heavy (non-hydrogen) atoms. The average molecular weight is 287 g/mol. The molecule has 2 amide bonds. The fraction of sp³-hybridized carbons (Fsp3) is 0.545. The molecule has 0 aliphatic heterocycles. The van der Waals surface area contributed by atoms with E-state index in [9.17, 15) is 9.59 Å². The number of hydrogen-bond donors (Lipinski definition) is 4. The van der Waals surface area contributed by atoms with Gasteiger partial charge in [-0.05, 0) is 13.3 Å². The Bertz CT molecular complexity index is 449. The molecule has 106 valence electrons.